The van der Waals surface area contributed by atoms with Gasteiger partial charge in [-0.1, -0.05) is 92.8 Å². The summed E-state index contributed by atoms with van der Waals surface area (Å²) >= 11 is 0. The largest absolute Gasteiger partial charge is 0.465 e. The number of carbonyl (C=O) groups is 2. The van der Waals surface area contributed by atoms with Crippen LogP contribution >= 0.6 is 0 Å². The Morgan fingerprint density at radius 3 is 2.06 bits per heavy atom. The lowest BCUT2D eigenvalue weighted by Crippen LogP contribution is -2.52. The minimum absolute atomic E-state index is 0.0883. The number of ether oxygens (including phenoxy) is 3. The molecule has 2 fully saturated rings. The molecule has 0 unspecified atom stereocenters. The van der Waals surface area contributed by atoms with Crippen molar-refractivity contribution in [1.82, 2.24) is 9.21 Å². The van der Waals surface area contributed by atoms with E-state index in [2.05, 4.69) is 0 Å². The number of nitrogens with zero attached hydrogens (tertiary/aromatic N) is 2. The van der Waals surface area contributed by atoms with Gasteiger partial charge in [-0.15, -0.1) is 0 Å². The third-order valence-electron chi connectivity index (χ3n) is 8.83. The number of esters is 1. The normalized spacial score (nSPS) is 21.2. The molecule has 0 bridgehead atoms. The standard InChI is InChI=1S/C36H52N2O8S/c1-7-44-31(40)24-37(32(27-19-13-9-14-20-27)28-21-15-10-16-22-28)47(42,43)25-30(39)33-29(23-26-17-11-8-12-18-26)38(36(5,6)45-33)34(41)46-35(2,3)4/h9-10,13-16,19-22,26,29-30,32-33,39H,7-8,11-12,17-18,23-25H2,1-6H3/t29-,30+,33+/m0/s1. The predicted molar refractivity (Wildman–Crippen MR) is 180 cm³/mol. The topological polar surface area (TPSA) is 123 Å². The van der Waals surface area contributed by atoms with Crippen molar-refractivity contribution >= 4 is 22.1 Å². The summed E-state index contributed by atoms with van der Waals surface area (Å²) in [6.07, 6.45) is 2.75. The second kappa shape index (κ2) is 15.5. The van der Waals surface area contributed by atoms with Gasteiger partial charge in [0.05, 0.1) is 30.5 Å². The number of benzene rings is 2. The Bertz CT molecular complexity index is 1380. The monoisotopic (exact) mass is 672 g/mol. The second-order valence-corrected chi connectivity index (χ2v) is 16.1. The molecule has 1 saturated heterocycles. The van der Waals surface area contributed by atoms with E-state index < -0.39 is 70.0 Å². The van der Waals surface area contributed by atoms with Gasteiger partial charge >= 0.3 is 12.1 Å². The van der Waals surface area contributed by atoms with E-state index in [9.17, 15) is 23.1 Å². The summed E-state index contributed by atoms with van der Waals surface area (Å²) in [4.78, 5) is 28.1. The van der Waals surface area contributed by atoms with Crippen LogP contribution < -0.4 is 0 Å². The molecular weight excluding hydrogens is 620 g/mol. The van der Waals surface area contributed by atoms with E-state index in [-0.39, 0.29) is 6.61 Å². The fraction of sp³-hybridized carbons (Fsp3) is 0.611. The molecule has 0 aromatic heterocycles. The van der Waals surface area contributed by atoms with Crippen molar-refractivity contribution in [3.63, 3.8) is 0 Å². The first kappa shape index (κ1) is 36.8. The molecule has 11 heteroatoms. The molecule has 2 aromatic carbocycles. The molecule has 4 rings (SSSR count). The average Bonchev–Trinajstić information content (AvgIpc) is 3.27. The Labute approximate surface area is 280 Å². The molecule has 1 N–H and O–H groups in total. The van der Waals surface area contributed by atoms with Gasteiger partial charge in [0, 0.05) is 0 Å². The van der Waals surface area contributed by atoms with Gasteiger partial charge in [-0.3, -0.25) is 9.69 Å². The zero-order chi connectivity index (χ0) is 34.4. The fourth-order valence-corrected chi connectivity index (χ4v) is 8.59. The molecule has 1 saturated carbocycles. The van der Waals surface area contributed by atoms with Crippen molar-refractivity contribution in [1.29, 1.82) is 0 Å². The maximum Gasteiger partial charge on any atom is 0.412 e. The number of sulfonamides is 1. The average molecular weight is 673 g/mol. The highest BCUT2D eigenvalue weighted by Crippen LogP contribution is 2.41. The molecule has 1 aliphatic carbocycles. The SMILES string of the molecule is CCOC(=O)CN(C(c1ccccc1)c1ccccc1)S(=O)(=O)C[C@@H](O)[C@@H]1OC(C)(C)N(C(=O)OC(C)(C)C)[C@H]1CC1CCCCC1. The molecule has 10 nitrogen and oxygen atoms in total. The second-order valence-electron chi connectivity index (χ2n) is 14.1. The van der Waals surface area contributed by atoms with Crippen molar-refractivity contribution in [2.45, 2.75) is 116 Å². The van der Waals surface area contributed by atoms with E-state index in [1.165, 1.54) is 0 Å². The Morgan fingerprint density at radius 1 is 1.00 bits per heavy atom. The summed E-state index contributed by atoms with van der Waals surface area (Å²) < 4.78 is 47.5. The van der Waals surface area contributed by atoms with Gasteiger partial charge in [0.15, 0.2) is 0 Å². The minimum Gasteiger partial charge on any atom is -0.465 e. The summed E-state index contributed by atoms with van der Waals surface area (Å²) in [5.41, 5.74) is -0.616. The van der Waals surface area contributed by atoms with Crippen LogP contribution in [0.25, 0.3) is 0 Å². The Kier molecular flexibility index (Phi) is 12.1. The molecular formula is C36H52N2O8S. The van der Waals surface area contributed by atoms with Gasteiger partial charge in [0.25, 0.3) is 0 Å². The van der Waals surface area contributed by atoms with Crippen molar-refractivity contribution in [3.05, 3.63) is 71.8 Å². The maximum atomic E-state index is 14.5. The van der Waals surface area contributed by atoms with Crippen LogP contribution in [-0.4, -0.2) is 83.3 Å². The first-order valence-corrected chi connectivity index (χ1v) is 18.4. The van der Waals surface area contributed by atoms with Crippen LogP contribution in [0, 0.1) is 5.92 Å². The van der Waals surface area contributed by atoms with Gasteiger partial charge < -0.3 is 19.3 Å². The van der Waals surface area contributed by atoms with Gasteiger partial charge in [0.2, 0.25) is 10.0 Å². The van der Waals surface area contributed by atoms with Gasteiger partial charge in [-0.25, -0.2) is 13.2 Å². The molecule has 47 heavy (non-hydrogen) atoms. The van der Waals surface area contributed by atoms with Gasteiger partial charge in [0.1, 0.15) is 24.0 Å². The molecule has 0 radical (unpaired) electrons. The van der Waals surface area contributed by atoms with Crippen LogP contribution in [0.2, 0.25) is 0 Å². The van der Waals surface area contributed by atoms with Crippen molar-refractivity contribution < 1.29 is 37.3 Å². The van der Waals surface area contributed by atoms with Crippen LogP contribution in [0.5, 0.6) is 0 Å². The number of carbonyl (C=O) groups excluding carboxylic acids is 2. The highest BCUT2D eigenvalue weighted by atomic mass is 32.2. The first-order chi connectivity index (χ1) is 22.1. The van der Waals surface area contributed by atoms with E-state index in [0.717, 1.165) is 36.4 Å². The minimum atomic E-state index is -4.36. The summed E-state index contributed by atoms with van der Waals surface area (Å²) in [6.45, 7) is 10.0. The summed E-state index contributed by atoms with van der Waals surface area (Å²) in [5, 5.41) is 11.8. The number of aliphatic hydroxyl groups is 1. The van der Waals surface area contributed by atoms with Gasteiger partial charge in [-0.2, -0.15) is 4.31 Å². The highest BCUT2D eigenvalue weighted by molar-refractivity contribution is 7.89. The van der Waals surface area contributed by atoms with Crippen LogP contribution in [0.4, 0.5) is 4.79 Å². The Balaban J connectivity index is 1.71. The first-order valence-electron chi connectivity index (χ1n) is 16.8. The number of hydrogen-bond acceptors (Lipinski definition) is 8. The van der Waals surface area contributed by atoms with Crippen molar-refractivity contribution in [3.8, 4) is 0 Å². The lowest BCUT2D eigenvalue weighted by molar-refractivity contribution is -0.143. The Morgan fingerprint density at radius 2 is 1.55 bits per heavy atom. The highest BCUT2D eigenvalue weighted by Gasteiger charge is 2.54. The van der Waals surface area contributed by atoms with Crippen LogP contribution in [0.15, 0.2) is 60.7 Å². The van der Waals surface area contributed by atoms with Crippen LogP contribution in [0.1, 0.15) is 97.2 Å². The smallest absolute Gasteiger partial charge is 0.412 e. The van der Waals surface area contributed by atoms with E-state index in [4.69, 9.17) is 14.2 Å². The zero-order valence-corrected chi connectivity index (χ0v) is 29.4. The summed E-state index contributed by atoms with van der Waals surface area (Å²) in [5.74, 6) is -1.14. The van der Waals surface area contributed by atoms with Gasteiger partial charge in [-0.05, 0) is 65.0 Å². The van der Waals surface area contributed by atoms with E-state index in [0.29, 0.717) is 23.5 Å². The lowest BCUT2D eigenvalue weighted by atomic mass is 9.83. The van der Waals surface area contributed by atoms with E-state index >= 15 is 0 Å². The number of amides is 1. The van der Waals surface area contributed by atoms with Crippen molar-refractivity contribution in [2.24, 2.45) is 5.92 Å². The van der Waals surface area contributed by atoms with E-state index in [1.54, 1.807) is 46.4 Å². The van der Waals surface area contributed by atoms with E-state index in [1.807, 2.05) is 60.7 Å². The third kappa shape index (κ3) is 9.55. The number of rotatable bonds is 12. The van der Waals surface area contributed by atoms with Crippen molar-refractivity contribution in [2.75, 3.05) is 18.9 Å². The fourth-order valence-electron chi connectivity index (χ4n) is 6.91. The number of aliphatic hydroxyl groups excluding tert-OH is 1. The molecule has 3 atom stereocenters. The predicted octanol–water partition coefficient (Wildman–Crippen LogP) is 6.04. The molecule has 1 heterocycles. The summed E-state index contributed by atoms with van der Waals surface area (Å²) in [6, 6.07) is 16.7. The summed E-state index contributed by atoms with van der Waals surface area (Å²) in [7, 11) is -4.36. The maximum absolute atomic E-state index is 14.5. The van der Waals surface area contributed by atoms with Crippen LogP contribution in [-0.2, 0) is 29.0 Å². The quantitative estimate of drug-likeness (QED) is 0.271. The zero-order valence-electron chi connectivity index (χ0n) is 28.6. The molecule has 1 aliphatic heterocycles. The van der Waals surface area contributed by atoms with Crippen LogP contribution in [0.3, 0.4) is 0 Å². The third-order valence-corrected chi connectivity index (χ3v) is 10.6. The molecule has 2 aromatic rings. The lowest BCUT2D eigenvalue weighted by Gasteiger charge is -2.37. The molecule has 2 aliphatic rings. The Hall–Kier alpha value is -2.99. The molecule has 0 spiro atoms. The molecule has 1 amide bonds. The molecule has 260 valence electrons. The number of hydrogen-bond donors (Lipinski definition) is 1.